The van der Waals surface area contributed by atoms with Crippen molar-refractivity contribution in [3.63, 3.8) is 0 Å². The molecule has 0 unspecified atom stereocenters. The van der Waals surface area contributed by atoms with Gasteiger partial charge in [0.15, 0.2) is 0 Å². The summed E-state index contributed by atoms with van der Waals surface area (Å²) >= 11 is 6.37. The predicted molar refractivity (Wildman–Crippen MR) is 54.3 cm³/mol. The van der Waals surface area contributed by atoms with Gasteiger partial charge in [-0.25, -0.2) is 0 Å². The average Bonchev–Trinajstić information content (AvgIpc) is 2.00. The molecule has 70 valence electrons. The number of halogens is 1. The Morgan fingerprint density at radius 2 is 2.00 bits per heavy atom. The molecule has 0 aromatic heterocycles. The number of ether oxygens (including phenoxy) is 1. The van der Waals surface area contributed by atoms with Crippen molar-refractivity contribution in [2.24, 2.45) is 0 Å². The minimum atomic E-state index is -0.252. The van der Waals surface area contributed by atoms with Crippen LogP contribution in [0.15, 0.2) is 18.2 Å². The lowest BCUT2D eigenvalue weighted by molar-refractivity contribution is -0.0154. The van der Waals surface area contributed by atoms with Gasteiger partial charge in [-0.15, -0.1) is 11.6 Å². The predicted octanol–water partition coefficient (Wildman–Crippen LogP) is 2.77. The number of alkyl halides is 1. The van der Waals surface area contributed by atoms with Crippen molar-refractivity contribution in [1.82, 2.24) is 0 Å². The van der Waals surface area contributed by atoms with Gasteiger partial charge in [0.25, 0.3) is 0 Å². The van der Waals surface area contributed by atoms with Crippen molar-refractivity contribution in [3.8, 4) is 0 Å². The van der Waals surface area contributed by atoms with Crippen molar-refractivity contribution in [1.29, 1.82) is 0 Å². The van der Waals surface area contributed by atoms with Gasteiger partial charge in [-0.05, 0) is 25.0 Å². The molecule has 0 N–H and O–H groups in total. The second kappa shape index (κ2) is 3.00. The van der Waals surface area contributed by atoms with Gasteiger partial charge in [0.2, 0.25) is 0 Å². The van der Waals surface area contributed by atoms with Crippen LogP contribution in [0.4, 0.5) is 0 Å². The van der Waals surface area contributed by atoms with E-state index in [9.17, 15) is 0 Å². The maximum absolute atomic E-state index is 6.37. The number of hydrogen-bond acceptors (Lipinski definition) is 1. The zero-order valence-corrected chi connectivity index (χ0v) is 8.69. The third kappa shape index (κ3) is 1.47. The first-order chi connectivity index (χ1) is 6.12. The zero-order chi connectivity index (χ0) is 9.47. The van der Waals surface area contributed by atoms with Crippen LogP contribution in [0, 0.1) is 13.8 Å². The number of hydrogen-bond donors (Lipinski definition) is 0. The summed E-state index contributed by atoms with van der Waals surface area (Å²) in [6.45, 7) is 5.47. The third-order valence-electron chi connectivity index (χ3n) is 2.53. The maximum Gasteiger partial charge on any atom is 0.116 e. The molecule has 1 nitrogen and oxygen atoms in total. The minimum Gasteiger partial charge on any atom is -0.377 e. The molecule has 2 rings (SSSR count). The van der Waals surface area contributed by atoms with E-state index in [0.29, 0.717) is 13.2 Å². The lowest BCUT2D eigenvalue weighted by Gasteiger charge is -2.37. The molecule has 1 aliphatic heterocycles. The van der Waals surface area contributed by atoms with Crippen LogP contribution in [-0.4, -0.2) is 13.2 Å². The molecule has 1 fully saturated rings. The Morgan fingerprint density at radius 3 is 2.46 bits per heavy atom. The fourth-order valence-corrected chi connectivity index (χ4v) is 2.12. The first-order valence-corrected chi connectivity index (χ1v) is 4.84. The standard InChI is InChI=1S/C11H13ClO/c1-8-3-4-10(9(2)5-8)11(12)6-13-7-11/h3-5H,6-7H2,1-2H3. The SMILES string of the molecule is Cc1ccc(C2(Cl)COC2)c(C)c1. The third-order valence-corrected chi connectivity index (χ3v) is 2.95. The van der Waals surface area contributed by atoms with E-state index in [-0.39, 0.29) is 4.87 Å². The van der Waals surface area contributed by atoms with Crippen molar-refractivity contribution in [2.45, 2.75) is 18.7 Å². The van der Waals surface area contributed by atoms with Crippen LogP contribution in [0.25, 0.3) is 0 Å². The quantitative estimate of drug-likeness (QED) is 0.628. The molecule has 1 aliphatic rings. The Morgan fingerprint density at radius 1 is 1.31 bits per heavy atom. The molecule has 13 heavy (non-hydrogen) atoms. The van der Waals surface area contributed by atoms with Crippen LogP contribution >= 0.6 is 11.6 Å². The lowest BCUT2D eigenvalue weighted by Crippen LogP contribution is -2.42. The van der Waals surface area contributed by atoms with Gasteiger partial charge in [0.05, 0.1) is 13.2 Å². The number of aryl methyl sites for hydroxylation is 2. The number of rotatable bonds is 1. The minimum absolute atomic E-state index is 0.252. The van der Waals surface area contributed by atoms with E-state index < -0.39 is 0 Å². The molecule has 0 radical (unpaired) electrons. The Balaban J connectivity index is 2.40. The fraction of sp³-hybridized carbons (Fsp3) is 0.455. The van der Waals surface area contributed by atoms with Crippen molar-refractivity contribution >= 4 is 11.6 Å². The van der Waals surface area contributed by atoms with Crippen LogP contribution < -0.4 is 0 Å². The maximum atomic E-state index is 6.37. The molecule has 0 spiro atoms. The van der Waals surface area contributed by atoms with E-state index in [1.165, 1.54) is 16.7 Å². The molecule has 0 atom stereocenters. The summed E-state index contributed by atoms with van der Waals surface area (Å²) in [6.07, 6.45) is 0. The Hall–Kier alpha value is -0.530. The van der Waals surface area contributed by atoms with E-state index >= 15 is 0 Å². The van der Waals surface area contributed by atoms with Crippen molar-refractivity contribution in [2.75, 3.05) is 13.2 Å². The average molecular weight is 197 g/mol. The van der Waals surface area contributed by atoms with Gasteiger partial charge < -0.3 is 4.74 Å². The largest absolute Gasteiger partial charge is 0.377 e. The Bertz CT molecular complexity index is 329. The van der Waals surface area contributed by atoms with Gasteiger partial charge in [0.1, 0.15) is 4.87 Å². The lowest BCUT2D eigenvalue weighted by atomic mass is 9.91. The Labute approximate surface area is 83.7 Å². The normalized spacial score (nSPS) is 19.6. The van der Waals surface area contributed by atoms with Crippen LogP contribution in [-0.2, 0) is 9.61 Å². The summed E-state index contributed by atoms with van der Waals surface area (Å²) in [7, 11) is 0. The van der Waals surface area contributed by atoms with E-state index in [1.54, 1.807) is 0 Å². The summed E-state index contributed by atoms with van der Waals surface area (Å²) in [4.78, 5) is -0.252. The first-order valence-electron chi connectivity index (χ1n) is 4.46. The molecule has 0 aliphatic carbocycles. The van der Waals surface area contributed by atoms with Crippen molar-refractivity contribution < 1.29 is 4.74 Å². The molecule has 1 saturated heterocycles. The highest BCUT2D eigenvalue weighted by Gasteiger charge is 2.39. The van der Waals surface area contributed by atoms with E-state index in [0.717, 1.165) is 0 Å². The second-order valence-electron chi connectivity index (χ2n) is 3.78. The summed E-state index contributed by atoms with van der Waals surface area (Å²) in [6, 6.07) is 6.38. The van der Waals surface area contributed by atoms with E-state index in [2.05, 4.69) is 32.0 Å². The fourth-order valence-electron chi connectivity index (χ4n) is 1.75. The zero-order valence-electron chi connectivity index (χ0n) is 7.93. The summed E-state index contributed by atoms with van der Waals surface area (Å²) in [5.41, 5.74) is 3.76. The molecule has 0 amide bonds. The first kappa shape index (κ1) is 9.04. The summed E-state index contributed by atoms with van der Waals surface area (Å²) in [5, 5.41) is 0. The van der Waals surface area contributed by atoms with Gasteiger partial charge in [0, 0.05) is 0 Å². The smallest absolute Gasteiger partial charge is 0.116 e. The van der Waals surface area contributed by atoms with Crippen molar-refractivity contribution in [3.05, 3.63) is 34.9 Å². The van der Waals surface area contributed by atoms with Gasteiger partial charge >= 0.3 is 0 Å². The molecule has 1 heterocycles. The molecule has 1 aromatic rings. The molecule has 2 heteroatoms. The van der Waals surface area contributed by atoms with Crippen LogP contribution in [0.1, 0.15) is 16.7 Å². The van der Waals surface area contributed by atoms with Crippen LogP contribution in [0.3, 0.4) is 0 Å². The number of benzene rings is 1. The summed E-state index contributed by atoms with van der Waals surface area (Å²) < 4.78 is 5.15. The summed E-state index contributed by atoms with van der Waals surface area (Å²) in [5.74, 6) is 0. The molecule has 0 bridgehead atoms. The molecular weight excluding hydrogens is 184 g/mol. The topological polar surface area (TPSA) is 9.23 Å². The Kier molecular flexibility index (Phi) is 2.09. The highest BCUT2D eigenvalue weighted by Crippen LogP contribution is 2.38. The molecule has 1 aromatic carbocycles. The highest BCUT2D eigenvalue weighted by molar-refractivity contribution is 6.24. The monoisotopic (exact) mass is 196 g/mol. The van der Waals surface area contributed by atoms with Crippen LogP contribution in [0.5, 0.6) is 0 Å². The second-order valence-corrected chi connectivity index (χ2v) is 4.50. The molecule has 0 saturated carbocycles. The van der Waals surface area contributed by atoms with Gasteiger partial charge in [-0.2, -0.15) is 0 Å². The van der Waals surface area contributed by atoms with E-state index in [1.807, 2.05) is 0 Å². The highest BCUT2D eigenvalue weighted by atomic mass is 35.5. The molecular formula is C11H13ClO. The van der Waals surface area contributed by atoms with Gasteiger partial charge in [-0.1, -0.05) is 23.8 Å². The van der Waals surface area contributed by atoms with E-state index in [4.69, 9.17) is 16.3 Å². The van der Waals surface area contributed by atoms with Crippen LogP contribution in [0.2, 0.25) is 0 Å². The van der Waals surface area contributed by atoms with Gasteiger partial charge in [-0.3, -0.25) is 0 Å².